The summed E-state index contributed by atoms with van der Waals surface area (Å²) in [5.41, 5.74) is 1.46. The Balaban J connectivity index is 2.30. The van der Waals surface area contributed by atoms with Crippen molar-refractivity contribution >= 4 is 23.0 Å². The normalized spacial score (nSPS) is 10.1. The number of carboxylic acid groups (broad SMARTS) is 1. The zero-order chi connectivity index (χ0) is 14.7. The van der Waals surface area contributed by atoms with Gasteiger partial charge in [0.25, 0.3) is 5.69 Å². The highest BCUT2D eigenvalue weighted by Crippen LogP contribution is 2.24. The third-order valence-corrected chi connectivity index (χ3v) is 2.67. The smallest absolute Gasteiger partial charge is 0.354 e. The predicted octanol–water partition coefficient (Wildman–Crippen LogP) is 2.74. The quantitative estimate of drug-likeness (QED) is 0.655. The largest absolute Gasteiger partial charge is 0.477 e. The van der Waals surface area contributed by atoms with Gasteiger partial charge in [0.1, 0.15) is 5.69 Å². The summed E-state index contributed by atoms with van der Waals surface area (Å²) < 4.78 is 0. The number of anilines is 2. The summed E-state index contributed by atoms with van der Waals surface area (Å²) in [5.74, 6) is -1.14. The molecule has 0 fully saturated rings. The fourth-order valence-corrected chi connectivity index (χ4v) is 1.68. The molecule has 1 aromatic carbocycles. The van der Waals surface area contributed by atoms with Gasteiger partial charge in [-0.1, -0.05) is 6.07 Å². The molecule has 102 valence electrons. The van der Waals surface area contributed by atoms with Crippen LogP contribution in [0.3, 0.4) is 0 Å². The number of nitro benzene ring substituents is 1. The van der Waals surface area contributed by atoms with Crippen LogP contribution >= 0.6 is 0 Å². The predicted molar refractivity (Wildman–Crippen MR) is 72.3 cm³/mol. The summed E-state index contributed by atoms with van der Waals surface area (Å²) in [6.45, 7) is 1.65. The lowest BCUT2D eigenvalue weighted by atomic mass is 10.2. The SMILES string of the molecule is Cc1ccc(Nc2ccnc(C(=O)O)c2)cc1[N+](=O)[O-]. The number of aryl methyl sites for hydroxylation is 1. The van der Waals surface area contributed by atoms with E-state index in [1.54, 1.807) is 25.1 Å². The molecule has 2 N–H and O–H groups in total. The number of nitrogens with zero attached hydrogens (tertiary/aromatic N) is 2. The Morgan fingerprint density at radius 3 is 2.65 bits per heavy atom. The van der Waals surface area contributed by atoms with Gasteiger partial charge in [-0.3, -0.25) is 10.1 Å². The highest BCUT2D eigenvalue weighted by atomic mass is 16.6. The lowest BCUT2D eigenvalue weighted by Gasteiger charge is -2.07. The molecule has 1 heterocycles. The minimum absolute atomic E-state index is 0.00233. The minimum atomic E-state index is -1.14. The maximum atomic E-state index is 10.9. The van der Waals surface area contributed by atoms with Gasteiger partial charge in [-0.25, -0.2) is 9.78 Å². The summed E-state index contributed by atoms with van der Waals surface area (Å²) in [6, 6.07) is 7.64. The van der Waals surface area contributed by atoms with Crippen molar-refractivity contribution in [1.29, 1.82) is 0 Å². The monoisotopic (exact) mass is 273 g/mol. The molecule has 0 aliphatic heterocycles. The van der Waals surface area contributed by atoms with Gasteiger partial charge in [0.15, 0.2) is 0 Å². The molecule has 0 aliphatic rings. The van der Waals surface area contributed by atoms with E-state index in [9.17, 15) is 14.9 Å². The highest BCUT2D eigenvalue weighted by molar-refractivity contribution is 5.86. The molecule has 2 aromatic rings. The Morgan fingerprint density at radius 2 is 2.00 bits per heavy atom. The van der Waals surface area contributed by atoms with E-state index in [1.165, 1.54) is 18.3 Å². The Hall–Kier alpha value is -2.96. The lowest BCUT2D eigenvalue weighted by Crippen LogP contribution is -2.01. The van der Waals surface area contributed by atoms with Crippen molar-refractivity contribution < 1.29 is 14.8 Å². The topological polar surface area (TPSA) is 105 Å². The average Bonchev–Trinajstić information content (AvgIpc) is 2.41. The number of carbonyl (C=O) groups is 1. The van der Waals surface area contributed by atoms with E-state index >= 15 is 0 Å². The Kier molecular flexibility index (Phi) is 3.60. The Morgan fingerprint density at radius 1 is 1.30 bits per heavy atom. The third kappa shape index (κ3) is 2.89. The number of hydrogen-bond acceptors (Lipinski definition) is 5. The van der Waals surface area contributed by atoms with Crippen LogP contribution in [0.4, 0.5) is 17.1 Å². The number of aromatic carboxylic acids is 1. The van der Waals surface area contributed by atoms with Gasteiger partial charge in [0.05, 0.1) is 4.92 Å². The summed E-state index contributed by atoms with van der Waals surface area (Å²) >= 11 is 0. The lowest BCUT2D eigenvalue weighted by molar-refractivity contribution is -0.385. The van der Waals surface area contributed by atoms with Crippen molar-refractivity contribution in [2.24, 2.45) is 0 Å². The molecular formula is C13H11N3O4. The zero-order valence-corrected chi connectivity index (χ0v) is 10.5. The van der Waals surface area contributed by atoms with E-state index in [4.69, 9.17) is 5.11 Å². The second kappa shape index (κ2) is 5.35. The number of pyridine rings is 1. The van der Waals surface area contributed by atoms with Crippen LogP contribution < -0.4 is 5.32 Å². The van der Waals surface area contributed by atoms with Crippen molar-refractivity contribution in [3.8, 4) is 0 Å². The van der Waals surface area contributed by atoms with Crippen LogP contribution in [0.15, 0.2) is 36.5 Å². The molecule has 0 spiro atoms. The van der Waals surface area contributed by atoms with E-state index in [2.05, 4.69) is 10.3 Å². The Bertz CT molecular complexity index is 685. The number of aromatic nitrogens is 1. The van der Waals surface area contributed by atoms with Gasteiger partial charge in [-0.05, 0) is 25.1 Å². The first kappa shape index (κ1) is 13.5. The fourth-order valence-electron chi connectivity index (χ4n) is 1.68. The fraction of sp³-hybridized carbons (Fsp3) is 0.0769. The van der Waals surface area contributed by atoms with Gasteiger partial charge in [0, 0.05) is 29.2 Å². The van der Waals surface area contributed by atoms with E-state index < -0.39 is 10.9 Å². The highest BCUT2D eigenvalue weighted by Gasteiger charge is 2.11. The first-order valence-electron chi connectivity index (χ1n) is 5.69. The average molecular weight is 273 g/mol. The van der Waals surface area contributed by atoms with E-state index in [1.807, 2.05) is 0 Å². The van der Waals surface area contributed by atoms with Crippen LogP contribution in [-0.4, -0.2) is 21.0 Å². The van der Waals surface area contributed by atoms with E-state index in [0.717, 1.165) is 0 Å². The van der Waals surface area contributed by atoms with E-state index in [-0.39, 0.29) is 11.4 Å². The molecule has 1 aromatic heterocycles. The molecule has 2 rings (SSSR count). The number of carboxylic acids is 1. The van der Waals surface area contributed by atoms with Crippen molar-refractivity contribution in [3.05, 3.63) is 57.9 Å². The summed E-state index contributed by atoms with van der Waals surface area (Å²) in [6.07, 6.45) is 1.36. The molecular weight excluding hydrogens is 262 g/mol. The van der Waals surface area contributed by atoms with Gasteiger partial charge < -0.3 is 10.4 Å². The van der Waals surface area contributed by atoms with Gasteiger partial charge in [-0.15, -0.1) is 0 Å². The molecule has 0 unspecified atom stereocenters. The molecule has 7 heteroatoms. The first-order valence-corrected chi connectivity index (χ1v) is 5.69. The van der Waals surface area contributed by atoms with Crippen molar-refractivity contribution in [2.45, 2.75) is 6.92 Å². The van der Waals surface area contributed by atoms with Crippen molar-refractivity contribution in [2.75, 3.05) is 5.32 Å². The van der Waals surface area contributed by atoms with Crippen LogP contribution in [0.2, 0.25) is 0 Å². The second-order valence-corrected chi connectivity index (χ2v) is 4.12. The number of hydrogen-bond donors (Lipinski definition) is 2. The molecule has 7 nitrogen and oxygen atoms in total. The van der Waals surface area contributed by atoms with Crippen LogP contribution in [0.25, 0.3) is 0 Å². The van der Waals surface area contributed by atoms with Gasteiger partial charge >= 0.3 is 5.97 Å². The third-order valence-electron chi connectivity index (χ3n) is 2.67. The number of benzene rings is 1. The molecule has 20 heavy (non-hydrogen) atoms. The number of nitrogens with one attached hydrogen (secondary N) is 1. The standard InChI is InChI=1S/C13H11N3O4/c1-8-2-3-9(7-12(8)16(19)20)15-10-4-5-14-11(6-10)13(17)18/h2-7H,1H3,(H,14,15)(H,17,18). The maximum absolute atomic E-state index is 10.9. The molecule has 0 radical (unpaired) electrons. The van der Waals surface area contributed by atoms with Crippen molar-refractivity contribution in [1.82, 2.24) is 4.98 Å². The number of rotatable bonds is 4. The number of nitro groups is 1. The Labute approximate surface area is 114 Å². The molecule has 0 saturated heterocycles. The zero-order valence-electron chi connectivity index (χ0n) is 10.5. The van der Waals surface area contributed by atoms with Crippen LogP contribution in [0, 0.1) is 17.0 Å². The minimum Gasteiger partial charge on any atom is -0.477 e. The van der Waals surface area contributed by atoms with Crippen LogP contribution in [-0.2, 0) is 0 Å². The van der Waals surface area contributed by atoms with Crippen LogP contribution in [0.1, 0.15) is 16.1 Å². The molecule has 0 amide bonds. The molecule has 0 saturated carbocycles. The van der Waals surface area contributed by atoms with E-state index in [0.29, 0.717) is 16.9 Å². The van der Waals surface area contributed by atoms with Crippen molar-refractivity contribution in [3.63, 3.8) is 0 Å². The van der Waals surface area contributed by atoms with Crippen LogP contribution in [0.5, 0.6) is 0 Å². The van der Waals surface area contributed by atoms with Gasteiger partial charge in [0.2, 0.25) is 0 Å². The molecule has 0 aliphatic carbocycles. The first-order chi connectivity index (χ1) is 9.47. The molecule has 0 atom stereocenters. The van der Waals surface area contributed by atoms with Gasteiger partial charge in [-0.2, -0.15) is 0 Å². The summed E-state index contributed by atoms with van der Waals surface area (Å²) in [4.78, 5) is 24.9. The second-order valence-electron chi connectivity index (χ2n) is 4.12. The molecule has 0 bridgehead atoms. The summed E-state index contributed by atoms with van der Waals surface area (Å²) in [5, 5.41) is 22.6. The summed E-state index contributed by atoms with van der Waals surface area (Å²) in [7, 11) is 0. The maximum Gasteiger partial charge on any atom is 0.354 e.